The first-order valence-electron chi connectivity index (χ1n) is 8.05. The Hall–Kier alpha value is -1.98. The third-order valence-corrected chi connectivity index (χ3v) is 4.84. The molecule has 1 aliphatic heterocycles. The summed E-state index contributed by atoms with van der Waals surface area (Å²) in [6, 6.07) is 7.28. The van der Waals surface area contributed by atoms with Gasteiger partial charge in [-0.05, 0) is 37.0 Å². The Morgan fingerprint density at radius 2 is 1.96 bits per heavy atom. The zero-order valence-corrected chi connectivity index (χ0v) is 14.4. The first-order chi connectivity index (χ1) is 11.6. The molecule has 1 aromatic carbocycles. The van der Waals surface area contributed by atoms with Crippen molar-refractivity contribution >= 4 is 17.5 Å². The number of aliphatic hydroxyl groups excluding tert-OH is 1. The average molecular weight is 349 g/mol. The van der Waals surface area contributed by atoms with Gasteiger partial charge in [0.1, 0.15) is 5.75 Å². The van der Waals surface area contributed by atoms with Gasteiger partial charge in [0.2, 0.25) is 0 Å². The molecule has 0 spiro atoms. The minimum absolute atomic E-state index is 0.0794. The number of amides is 1. The van der Waals surface area contributed by atoms with Crippen LogP contribution in [0, 0.1) is 5.92 Å². The van der Waals surface area contributed by atoms with Crippen LogP contribution in [0.3, 0.4) is 0 Å². The molecule has 2 heterocycles. The smallest absolute Gasteiger partial charge is 0.257 e. The predicted octanol–water partition coefficient (Wildman–Crippen LogP) is 2.98. The van der Waals surface area contributed by atoms with E-state index in [2.05, 4.69) is 0 Å². The minimum Gasteiger partial charge on any atom is -0.496 e. The summed E-state index contributed by atoms with van der Waals surface area (Å²) in [6.45, 7) is 1.47. The van der Waals surface area contributed by atoms with Gasteiger partial charge in [0.25, 0.3) is 5.91 Å². The number of rotatable bonds is 4. The number of ether oxygens (including phenoxy) is 1. The van der Waals surface area contributed by atoms with E-state index >= 15 is 0 Å². The van der Waals surface area contributed by atoms with Crippen LogP contribution >= 0.6 is 11.6 Å². The van der Waals surface area contributed by atoms with E-state index in [-0.39, 0.29) is 18.4 Å². The molecular weight excluding hydrogens is 328 g/mol. The Bertz CT molecular complexity index is 707. The quantitative estimate of drug-likeness (QED) is 0.924. The number of halogens is 1. The van der Waals surface area contributed by atoms with Gasteiger partial charge in [0.15, 0.2) is 0 Å². The zero-order chi connectivity index (χ0) is 17.1. The largest absolute Gasteiger partial charge is 0.496 e. The number of nitrogens with zero attached hydrogens (tertiary/aromatic N) is 2. The van der Waals surface area contributed by atoms with Crippen molar-refractivity contribution in [2.45, 2.75) is 12.8 Å². The monoisotopic (exact) mass is 348 g/mol. The number of carbonyl (C=O) groups excluding carboxylic acids is 1. The topological polar surface area (TPSA) is 54.7 Å². The number of hydrogen-bond donors (Lipinski definition) is 1. The van der Waals surface area contributed by atoms with Gasteiger partial charge in [-0.1, -0.05) is 11.6 Å². The van der Waals surface area contributed by atoms with Crippen molar-refractivity contribution in [2.75, 3.05) is 26.8 Å². The highest BCUT2D eigenvalue weighted by atomic mass is 35.5. The Labute approximate surface area is 146 Å². The van der Waals surface area contributed by atoms with Crippen molar-refractivity contribution in [3.8, 4) is 11.4 Å². The van der Waals surface area contributed by atoms with E-state index in [1.807, 2.05) is 29.1 Å². The van der Waals surface area contributed by atoms with E-state index in [0.29, 0.717) is 29.4 Å². The number of methoxy groups -OCH3 is 1. The second-order valence-electron chi connectivity index (χ2n) is 6.01. The van der Waals surface area contributed by atoms with Crippen LogP contribution in [0.1, 0.15) is 23.2 Å². The Kier molecular flexibility index (Phi) is 5.11. The highest BCUT2D eigenvalue weighted by Gasteiger charge is 2.26. The van der Waals surface area contributed by atoms with Crippen LogP contribution in [-0.4, -0.2) is 47.3 Å². The molecule has 0 unspecified atom stereocenters. The number of piperidine rings is 1. The van der Waals surface area contributed by atoms with Crippen molar-refractivity contribution in [1.29, 1.82) is 0 Å². The third-order valence-electron chi connectivity index (χ3n) is 4.54. The molecule has 24 heavy (non-hydrogen) atoms. The number of likely N-dealkylation sites (tertiary alicyclic amines) is 1. The average Bonchev–Trinajstić information content (AvgIpc) is 3.15. The molecule has 5 nitrogen and oxygen atoms in total. The molecule has 128 valence electrons. The van der Waals surface area contributed by atoms with Gasteiger partial charge in [-0.2, -0.15) is 0 Å². The highest BCUT2D eigenvalue weighted by molar-refractivity contribution is 6.33. The summed E-state index contributed by atoms with van der Waals surface area (Å²) in [6.07, 6.45) is 5.42. The zero-order valence-electron chi connectivity index (χ0n) is 13.6. The molecule has 1 N–H and O–H groups in total. The maximum Gasteiger partial charge on any atom is 0.257 e. The summed E-state index contributed by atoms with van der Waals surface area (Å²) >= 11 is 6.40. The maximum atomic E-state index is 12.8. The van der Waals surface area contributed by atoms with Crippen molar-refractivity contribution < 1.29 is 14.6 Å². The van der Waals surface area contributed by atoms with Crippen molar-refractivity contribution in [3.05, 3.63) is 47.2 Å². The molecular formula is C18H21ClN2O3. The summed E-state index contributed by atoms with van der Waals surface area (Å²) in [4.78, 5) is 14.6. The van der Waals surface area contributed by atoms with Crippen molar-refractivity contribution in [1.82, 2.24) is 9.47 Å². The second-order valence-corrected chi connectivity index (χ2v) is 6.42. The van der Waals surface area contributed by atoms with Crippen LogP contribution in [0.5, 0.6) is 5.75 Å². The van der Waals surface area contributed by atoms with Crippen LogP contribution in [0.2, 0.25) is 5.02 Å². The number of benzene rings is 1. The molecule has 2 aromatic rings. The number of aromatic nitrogens is 1. The first-order valence-corrected chi connectivity index (χ1v) is 8.43. The molecule has 1 amide bonds. The molecule has 3 rings (SSSR count). The summed E-state index contributed by atoms with van der Waals surface area (Å²) in [5, 5.41) is 9.73. The van der Waals surface area contributed by atoms with Gasteiger partial charge in [-0.15, -0.1) is 0 Å². The van der Waals surface area contributed by atoms with Gasteiger partial charge in [-0.25, -0.2) is 0 Å². The molecule has 1 fully saturated rings. The van der Waals surface area contributed by atoms with E-state index in [1.165, 1.54) is 0 Å². The predicted molar refractivity (Wildman–Crippen MR) is 93.0 cm³/mol. The lowest BCUT2D eigenvalue weighted by molar-refractivity contribution is 0.0647. The Morgan fingerprint density at radius 3 is 2.54 bits per heavy atom. The molecule has 6 heteroatoms. The number of aliphatic hydroxyl groups is 1. The molecule has 1 aliphatic rings. The van der Waals surface area contributed by atoms with Crippen molar-refractivity contribution in [3.63, 3.8) is 0 Å². The van der Waals surface area contributed by atoms with E-state index < -0.39 is 0 Å². The standard InChI is InChI=1S/C18H21ClN2O3/c1-24-17-11-16(20-6-2-3-7-20)15(19)10-14(17)18(23)21-8-4-13(12-22)5-9-21/h2-3,6-7,10-11,13,22H,4-5,8-9,12H2,1H3. The molecule has 0 aliphatic carbocycles. The van der Waals surface area contributed by atoms with Gasteiger partial charge in [0.05, 0.1) is 23.4 Å². The molecule has 0 radical (unpaired) electrons. The van der Waals surface area contributed by atoms with Crippen LogP contribution < -0.4 is 4.74 Å². The van der Waals surface area contributed by atoms with Gasteiger partial charge < -0.3 is 19.3 Å². The Balaban J connectivity index is 1.88. The molecule has 1 saturated heterocycles. The van der Waals surface area contributed by atoms with Crippen LogP contribution in [0.15, 0.2) is 36.7 Å². The van der Waals surface area contributed by atoms with Crippen LogP contribution in [-0.2, 0) is 0 Å². The summed E-state index contributed by atoms with van der Waals surface area (Å²) in [5.41, 5.74) is 1.25. The fraction of sp³-hybridized carbons (Fsp3) is 0.389. The lowest BCUT2D eigenvalue weighted by atomic mass is 9.97. The molecule has 1 aromatic heterocycles. The summed E-state index contributed by atoms with van der Waals surface area (Å²) in [7, 11) is 1.55. The molecule has 0 atom stereocenters. The molecule has 0 saturated carbocycles. The molecule has 0 bridgehead atoms. The number of carbonyl (C=O) groups is 1. The van der Waals surface area contributed by atoms with Gasteiger partial charge in [-0.3, -0.25) is 4.79 Å². The fourth-order valence-corrected chi connectivity index (χ4v) is 3.32. The minimum atomic E-state index is -0.0794. The Morgan fingerprint density at radius 1 is 1.29 bits per heavy atom. The van der Waals surface area contributed by atoms with Gasteiger partial charge >= 0.3 is 0 Å². The normalized spacial score (nSPS) is 15.5. The van der Waals surface area contributed by atoms with E-state index in [4.69, 9.17) is 16.3 Å². The second kappa shape index (κ2) is 7.28. The van der Waals surface area contributed by atoms with Gasteiger partial charge in [0, 0.05) is 38.2 Å². The fourth-order valence-electron chi connectivity index (χ4n) is 3.06. The summed E-state index contributed by atoms with van der Waals surface area (Å²) in [5.74, 6) is 0.720. The summed E-state index contributed by atoms with van der Waals surface area (Å²) < 4.78 is 7.31. The lowest BCUT2D eigenvalue weighted by Crippen LogP contribution is -2.39. The van der Waals surface area contributed by atoms with Crippen molar-refractivity contribution in [2.24, 2.45) is 5.92 Å². The van der Waals surface area contributed by atoms with E-state index in [9.17, 15) is 9.90 Å². The highest BCUT2D eigenvalue weighted by Crippen LogP contribution is 2.31. The van der Waals surface area contributed by atoms with Crippen LogP contribution in [0.25, 0.3) is 5.69 Å². The van der Waals surface area contributed by atoms with E-state index in [1.54, 1.807) is 24.1 Å². The third kappa shape index (κ3) is 3.28. The SMILES string of the molecule is COc1cc(-n2cccc2)c(Cl)cc1C(=O)N1CCC(CO)CC1. The maximum absolute atomic E-state index is 12.8. The first kappa shape index (κ1) is 16.9. The van der Waals surface area contributed by atoms with E-state index in [0.717, 1.165) is 18.5 Å². The number of hydrogen-bond acceptors (Lipinski definition) is 3. The lowest BCUT2D eigenvalue weighted by Gasteiger charge is -2.31. The van der Waals surface area contributed by atoms with Crippen LogP contribution in [0.4, 0.5) is 0 Å².